The summed E-state index contributed by atoms with van der Waals surface area (Å²) in [4.78, 5) is 14.2. The Hall–Kier alpha value is -2.53. The van der Waals surface area contributed by atoms with Gasteiger partial charge in [0, 0.05) is 35.5 Å². The third kappa shape index (κ3) is 4.49. The predicted octanol–water partition coefficient (Wildman–Crippen LogP) is 3.46. The van der Waals surface area contributed by atoms with Crippen molar-refractivity contribution >= 4 is 42.8 Å². The van der Waals surface area contributed by atoms with Gasteiger partial charge in [0.05, 0.1) is 9.79 Å². The maximum atomic E-state index is 13.2. The molecule has 3 aromatic rings. The van der Waals surface area contributed by atoms with Gasteiger partial charge in [-0.1, -0.05) is 12.1 Å². The first-order valence-electron chi connectivity index (χ1n) is 9.83. The van der Waals surface area contributed by atoms with Crippen molar-refractivity contribution in [3.05, 3.63) is 75.5 Å². The molecule has 7 nitrogen and oxygen atoms in total. The molecule has 1 aliphatic heterocycles. The van der Waals surface area contributed by atoms with E-state index in [1.54, 1.807) is 24.3 Å². The number of sulfonamides is 1. The fourth-order valence-corrected chi connectivity index (χ4v) is 6.54. The van der Waals surface area contributed by atoms with Crippen molar-refractivity contribution in [1.82, 2.24) is 4.31 Å². The number of hydrogen-bond acceptors (Lipinski definition) is 6. The van der Waals surface area contributed by atoms with Crippen molar-refractivity contribution in [2.75, 3.05) is 18.1 Å². The molecule has 32 heavy (non-hydrogen) atoms. The zero-order chi connectivity index (χ0) is 23.1. The highest BCUT2D eigenvalue weighted by Gasteiger charge is 2.29. The lowest BCUT2D eigenvalue weighted by Gasteiger charge is -2.26. The molecule has 0 spiro atoms. The normalized spacial score (nSPS) is 14.7. The van der Waals surface area contributed by atoms with Crippen molar-refractivity contribution in [3.8, 4) is 0 Å². The fraction of sp³-hybridized carbons (Fsp3) is 0.227. The summed E-state index contributed by atoms with van der Waals surface area (Å²) >= 11 is 1.63. The van der Waals surface area contributed by atoms with Crippen LogP contribution in [0.3, 0.4) is 0 Å². The Morgan fingerprint density at radius 3 is 2.56 bits per heavy atom. The Bertz CT molecular complexity index is 1410. The number of thiophene rings is 1. The topological polar surface area (TPSA) is 101 Å². The van der Waals surface area contributed by atoms with E-state index in [1.807, 2.05) is 11.4 Å². The smallest absolute Gasteiger partial charge is 0.255 e. The average molecular weight is 491 g/mol. The first-order valence-corrected chi connectivity index (χ1v) is 14.0. The van der Waals surface area contributed by atoms with Crippen LogP contribution in [-0.2, 0) is 32.8 Å². The minimum absolute atomic E-state index is 0.0467. The maximum absolute atomic E-state index is 13.2. The summed E-state index contributed by atoms with van der Waals surface area (Å²) < 4.78 is 51.5. The lowest BCUT2D eigenvalue weighted by Crippen LogP contribution is -2.35. The minimum atomic E-state index is -3.77. The number of nitrogens with zero attached hydrogens (tertiary/aromatic N) is 1. The Labute approximate surface area is 191 Å². The molecule has 0 fully saturated rings. The Morgan fingerprint density at radius 1 is 1.03 bits per heavy atom. The van der Waals surface area contributed by atoms with Crippen LogP contribution in [-0.4, -0.2) is 39.8 Å². The van der Waals surface area contributed by atoms with Crippen LogP contribution >= 0.6 is 11.3 Å². The molecule has 0 unspecified atom stereocenters. The second-order valence-electron chi connectivity index (χ2n) is 7.69. The van der Waals surface area contributed by atoms with Gasteiger partial charge in [-0.2, -0.15) is 4.31 Å². The van der Waals surface area contributed by atoms with Gasteiger partial charge in [0.1, 0.15) is 0 Å². The number of rotatable bonds is 5. The number of fused-ring (bicyclic) bond motifs is 1. The van der Waals surface area contributed by atoms with E-state index in [9.17, 15) is 21.6 Å². The van der Waals surface area contributed by atoms with Crippen molar-refractivity contribution in [2.24, 2.45) is 0 Å². The van der Waals surface area contributed by atoms with Crippen LogP contribution in [0.25, 0.3) is 0 Å². The van der Waals surface area contributed by atoms with E-state index in [0.717, 1.165) is 11.8 Å². The maximum Gasteiger partial charge on any atom is 0.255 e. The zero-order valence-corrected chi connectivity index (χ0v) is 20.0. The van der Waals surface area contributed by atoms with E-state index >= 15 is 0 Å². The molecule has 2 heterocycles. The van der Waals surface area contributed by atoms with Crippen LogP contribution in [0.4, 0.5) is 5.69 Å². The number of amides is 1. The minimum Gasteiger partial charge on any atom is -0.322 e. The second kappa shape index (κ2) is 8.43. The Balaban J connectivity index is 1.59. The number of benzene rings is 2. The molecule has 0 saturated carbocycles. The third-order valence-corrected chi connectivity index (χ3v) is 9.37. The molecule has 0 atom stereocenters. The van der Waals surface area contributed by atoms with Crippen LogP contribution in [0.1, 0.15) is 26.4 Å². The molecule has 4 rings (SSSR count). The predicted molar refractivity (Wildman–Crippen MR) is 124 cm³/mol. The van der Waals surface area contributed by atoms with E-state index in [2.05, 4.69) is 5.32 Å². The van der Waals surface area contributed by atoms with Crippen molar-refractivity contribution < 1.29 is 21.6 Å². The Kier molecular flexibility index (Phi) is 5.97. The number of aryl methyl sites for hydroxylation is 1. The molecule has 1 amide bonds. The standard InChI is InChI=1S/C22H22N2O5S3/c1-15-6-7-18(31(2,26)27)13-20(15)23-22(25)16-4-3-5-19(12-16)32(28,29)24-10-8-21-17(14-24)9-11-30-21/h3-7,9,11-13H,8,10,14H2,1-2H3,(H,23,25). The lowest BCUT2D eigenvalue weighted by atomic mass is 10.1. The van der Waals surface area contributed by atoms with Gasteiger partial charge in [-0.15, -0.1) is 11.3 Å². The van der Waals surface area contributed by atoms with Crippen LogP contribution < -0.4 is 5.32 Å². The van der Waals surface area contributed by atoms with Gasteiger partial charge >= 0.3 is 0 Å². The van der Waals surface area contributed by atoms with Gasteiger partial charge in [0.2, 0.25) is 10.0 Å². The fourth-order valence-electron chi connectivity index (χ4n) is 3.54. The zero-order valence-electron chi connectivity index (χ0n) is 17.5. The molecule has 2 aromatic carbocycles. The third-order valence-electron chi connectivity index (χ3n) is 5.39. The van der Waals surface area contributed by atoms with Gasteiger partial charge in [-0.3, -0.25) is 4.79 Å². The molecule has 168 valence electrons. The number of nitrogens with one attached hydrogen (secondary N) is 1. The van der Waals surface area contributed by atoms with Crippen molar-refractivity contribution in [2.45, 2.75) is 29.7 Å². The number of carbonyl (C=O) groups is 1. The summed E-state index contributed by atoms with van der Waals surface area (Å²) in [5, 5.41) is 4.66. The van der Waals surface area contributed by atoms with Crippen LogP contribution in [0.5, 0.6) is 0 Å². The summed E-state index contributed by atoms with van der Waals surface area (Å²) in [6, 6.07) is 12.3. The first kappa shape index (κ1) is 22.7. The largest absolute Gasteiger partial charge is 0.322 e. The van der Waals surface area contributed by atoms with Gasteiger partial charge in [0.15, 0.2) is 9.84 Å². The molecular weight excluding hydrogens is 468 g/mol. The highest BCUT2D eigenvalue weighted by Crippen LogP contribution is 2.28. The summed E-state index contributed by atoms with van der Waals surface area (Å²) in [6.45, 7) is 2.45. The molecular formula is C22H22N2O5S3. The molecule has 0 radical (unpaired) electrons. The number of anilines is 1. The highest BCUT2D eigenvalue weighted by molar-refractivity contribution is 7.90. The lowest BCUT2D eigenvalue weighted by molar-refractivity contribution is 0.102. The number of sulfone groups is 1. The van der Waals surface area contributed by atoms with E-state index in [-0.39, 0.29) is 15.4 Å². The van der Waals surface area contributed by atoms with Gasteiger partial charge in [0.25, 0.3) is 5.91 Å². The van der Waals surface area contributed by atoms with E-state index in [1.165, 1.54) is 45.6 Å². The molecule has 1 N–H and O–H groups in total. The van der Waals surface area contributed by atoms with E-state index in [4.69, 9.17) is 0 Å². The quantitative estimate of drug-likeness (QED) is 0.590. The van der Waals surface area contributed by atoms with E-state index < -0.39 is 25.8 Å². The number of hydrogen-bond donors (Lipinski definition) is 1. The van der Waals surface area contributed by atoms with Crippen LogP contribution in [0.15, 0.2) is 63.7 Å². The summed E-state index contributed by atoms with van der Waals surface area (Å²) in [6.07, 6.45) is 1.76. The van der Waals surface area contributed by atoms with Gasteiger partial charge in [-0.05, 0) is 66.2 Å². The molecule has 0 aliphatic carbocycles. The number of carbonyl (C=O) groups excluding carboxylic acids is 1. The second-order valence-corrected chi connectivity index (χ2v) is 12.6. The van der Waals surface area contributed by atoms with E-state index in [0.29, 0.717) is 30.8 Å². The van der Waals surface area contributed by atoms with Crippen molar-refractivity contribution in [1.29, 1.82) is 0 Å². The van der Waals surface area contributed by atoms with Gasteiger partial charge in [-0.25, -0.2) is 16.8 Å². The monoisotopic (exact) mass is 490 g/mol. The Morgan fingerprint density at radius 2 is 1.81 bits per heavy atom. The van der Waals surface area contributed by atoms with Crippen molar-refractivity contribution in [3.63, 3.8) is 0 Å². The highest BCUT2D eigenvalue weighted by atomic mass is 32.2. The molecule has 0 saturated heterocycles. The molecule has 1 aromatic heterocycles. The first-order chi connectivity index (χ1) is 15.1. The molecule has 0 bridgehead atoms. The van der Waals surface area contributed by atoms with Gasteiger partial charge < -0.3 is 5.32 Å². The molecule has 10 heteroatoms. The molecule has 1 aliphatic rings. The summed E-state index contributed by atoms with van der Waals surface area (Å²) in [5.74, 6) is -0.519. The van der Waals surface area contributed by atoms with Crippen LogP contribution in [0.2, 0.25) is 0 Å². The summed E-state index contributed by atoms with van der Waals surface area (Å²) in [5.41, 5.74) is 2.23. The average Bonchev–Trinajstić information content (AvgIpc) is 3.22. The SMILES string of the molecule is Cc1ccc(S(C)(=O)=O)cc1NC(=O)c1cccc(S(=O)(=O)N2CCc3sccc3C2)c1. The van der Waals surface area contributed by atoms with Crippen LogP contribution in [0, 0.1) is 6.92 Å². The summed E-state index contributed by atoms with van der Waals surface area (Å²) in [7, 11) is -7.20.